The van der Waals surface area contributed by atoms with Crippen LogP contribution in [0.5, 0.6) is 0 Å². The number of rotatable bonds is 3. The Morgan fingerprint density at radius 2 is 2.10 bits per heavy atom. The van der Waals surface area contributed by atoms with Crippen LogP contribution in [0.15, 0.2) is 23.4 Å². The van der Waals surface area contributed by atoms with Gasteiger partial charge in [0.05, 0.1) is 5.56 Å². The summed E-state index contributed by atoms with van der Waals surface area (Å²) < 4.78 is 38.9. The number of hydrogen-bond donors (Lipinski definition) is 3. The van der Waals surface area contributed by atoms with Crippen LogP contribution in [0.25, 0.3) is 0 Å². The second-order valence-corrected chi connectivity index (χ2v) is 4.19. The smallest absolute Gasteiger partial charge is 0.409 e. The molecule has 9 heteroatoms. The van der Waals surface area contributed by atoms with Crippen molar-refractivity contribution in [2.24, 2.45) is 10.9 Å². The first-order valence-corrected chi connectivity index (χ1v) is 5.92. The van der Waals surface area contributed by atoms with Gasteiger partial charge in [0.25, 0.3) is 0 Å². The highest BCUT2D eigenvalue weighted by Gasteiger charge is 2.34. The first-order chi connectivity index (χ1) is 9.70. The van der Waals surface area contributed by atoms with E-state index in [-0.39, 0.29) is 5.69 Å². The van der Waals surface area contributed by atoms with Crippen molar-refractivity contribution in [3.63, 3.8) is 0 Å². The van der Waals surface area contributed by atoms with Gasteiger partial charge in [-0.2, -0.15) is 13.2 Å². The molecule has 0 heterocycles. The van der Waals surface area contributed by atoms with Gasteiger partial charge in [0.15, 0.2) is 5.84 Å². The maximum absolute atomic E-state index is 13.0. The predicted molar refractivity (Wildman–Crippen MR) is 71.3 cm³/mol. The molecule has 1 aromatic rings. The van der Waals surface area contributed by atoms with Crippen LogP contribution < -0.4 is 11.1 Å². The molecule has 116 valence electrons. The van der Waals surface area contributed by atoms with Crippen molar-refractivity contribution >= 4 is 17.6 Å². The number of oxime groups is 1. The number of anilines is 1. The number of carbonyl (C=O) groups excluding carboxylic acids is 1. The van der Waals surface area contributed by atoms with Crippen molar-refractivity contribution in [1.29, 1.82) is 0 Å². The van der Waals surface area contributed by atoms with Crippen LogP contribution in [0.1, 0.15) is 18.1 Å². The minimum atomic E-state index is -4.71. The van der Waals surface area contributed by atoms with Crippen molar-refractivity contribution in [2.75, 3.05) is 18.9 Å². The molecule has 0 aliphatic heterocycles. The number of nitrogens with two attached hydrogens (primary N) is 1. The van der Waals surface area contributed by atoms with Gasteiger partial charge in [-0.15, -0.1) is 0 Å². The molecule has 6 nitrogen and oxygen atoms in total. The largest absolute Gasteiger partial charge is 0.417 e. The molecule has 0 saturated carbocycles. The van der Waals surface area contributed by atoms with E-state index in [9.17, 15) is 18.0 Å². The summed E-state index contributed by atoms with van der Waals surface area (Å²) in [5.74, 6) is -0.661. The number of nitrogens with zero attached hydrogens (tertiary/aromatic N) is 2. The highest BCUT2D eigenvalue weighted by molar-refractivity contribution is 5.99. The average Bonchev–Trinajstić information content (AvgIpc) is 2.44. The molecule has 0 fully saturated rings. The Hall–Kier alpha value is -2.45. The fourth-order valence-electron chi connectivity index (χ4n) is 1.50. The normalized spacial score (nSPS) is 12.1. The van der Waals surface area contributed by atoms with E-state index in [4.69, 9.17) is 10.9 Å². The summed E-state index contributed by atoms with van der Waals surface area (Å²) in [6, 6.07) is 2.46. The summed E-state index contributed by atoms with van der Waals surface area (Å²) in [4.78, 5) is 12.9. The first kappa shape index (κ1) is 16.6. The van der Waals surface area contributed by atoms with Gasteiger partial charge >= 0.3 is 12.2 Å². The molecule has 0 aliphatic rings. The van der Waals surface area contributed by atoms with E-state index in [1.54, 1.807) is 6.92 Å². The summed E-state index contributed by atoms with van der Waals surface area (Å²) in [6.45, 7) is 2.13. The fraction of sp³-hybridized carbons (Fsp3) is 0.333. The van der Waals surface area contributed by atoms with Crippen LogP contribution in [0.4, 0.5) is 23.7 Å². The Labute approximate surface area is 119 Å². The van der Waals surface area contributed by atoms with Gasteiger partial charge in [-0.05, 0) is 25.1 Å². The van der Waals surface area contributed by atoms with Crippen molar-refractivity contribution in [3.8, 4) is 0 Å². The zero-order valence-electron chi connectivity index (χ0n) is 11.4. The number of carbonyl (C=O) groups is 1. The van der Waals surface area contributed by atoms with Crippen molar-refractivity contribution in [2.45, 2.75) is 13.1 Å². The Morgan fingerprint density at radius 3 is 2.57 bits per heavy atom. The quantitative estimate of drug-likeness (QED) is 0.346. The van der Waals surface area contributed by atoms with Gasteiger partial charge in [-0.25, -0.2) is 4.79 Å². The molecule has 0 saturated heterocycles. The van der Waals surface area contributed by atoms with E-state index in [0.29, 0.717) is 6.54 Å². The number of halogens is 3. The van der Waals surface area contributed by atoms with E-state index >= 15 is 0 Å². The number of urea groups is 1. The second-order valence-electron chi connectivity index (χ2n) is 4.19. The zero-order valence-corrected chi connectivity index (χ0v) is 11.4. The Bertz CT molecular complexity index is 558. The third-order valence-electron chi connectivity index (χ3n) is 2.78. The molecule has 1 aromatic carbocycles. The molecule has 0 spiro atoms. The van der Waals surface area contributed by atoms with Gasteiger partial charge in [0.1, 0.15) is 0 Å². The van der Waals surface area contributed by atoms with Gasteiger partial charge in [-0.3, -0.25) is 0 Å². The molecule has 0 unspecified atom stereocenters. The van der Waals surface area contributed by atoms with Gasteiger partial charge in [-0.1, -0.05) is 5.16 Å². The van der Waals surface area contributed by atoms with Crippen LogP contribution in [0, 0.1) is 0 Å². The lowest BCUT2D eigenvalue weighted by atomic mass is 10.1. The maximum atomic E-state index is 13.0. The van der Waals surface area contributed by atoms with Crippen LogP contribution in [0.3, 0.4) is 0 Å². The third-order valence-corrected chi connectivity index (χ3v) is 2.78. The monoisotopic (exact) mass is 304 g/mol. The van der Waals surface area contributed by atoms with E-state index in [1.807, 2.05) is 0 Å². The van der Waals surface area contributed by atoms with E-state index in [1.165, 1.54) is 18.0 Å². The standard InChI is InChI=1S/C12H15F3N4O2/c1-3-19(2)11(20)17-7-4-5-8(10(16)18-21)9(6-7)12(13,14)15/h4-6,21H,3H2,1-2H3,(H2,16,18)(H,17,20). The minimum absolute atomic E-state index is 0.0397. The summed E-state index contributed by atoms with van der Waals surface area (Å²) in [7, 11) is 1.50. The first-order valence-electron chi connectivity index (χ1n) is 5.92. The summed E-state index contributed by atoms with van der Waals surface area (Å²) in [5, 5.41) is 13.4. The molecule has 0 bridgehead atoms. The lowest BCUT2D eigenvalue weighted by molar-refractivity contribution is -0.137. The second kappa shape index (κ2) is 6.33. The lowest BCUT2D eigenvalue weighted by Crippen LogP contribution is -2.31. The molecule has 0 atom stereocenters. The number of nitrogens with one attached hydrogen (secondary N) is 1. The molecule has 2 amide bonds. The molecule has 4 N–H and O–H groups in total. The highest BCUT2D eigenvalue weighted by Crippen LogP contribution is 2.33. The van der Waals surface area contributed by atoms with Gasteiger partial charge < -0.3 is 21.2 Å². The molecule has 21 heavy (non-hydrogen) atoms. The lowest BCUT2D eigenvalue weighted by Gasteiger charge is -2.17. The van der Waals surface area contributed by atoms with Crippen molar-refractivity contribution in [3.05, 3.63) is 29.3 Å². The van der Waals surface area contributed by atoms with Crippen molar-refractivity contribution in [1.82, 2.24) is 4.90 Å². The van der Waals surface area contributed by atoms with Crippen LogP contribution in [-0.4, -0.2) is 35.6 Å². The minimum Gasteiger partial charge on any atom is -0.409 e. The van der Waals surface area contributed by atoms with Crippen molar-refractivity contribution < 1.29 is 23.2 Å². The maximum Gasteiger partial charge on any atom is 0.417 e. The average molecular weight is 304 g/mol. The van der Waals surface area contributed by atoms with E-state index in [2.05, 4.69) is 10.5 Å². The highest BCUT2D eigenvalue weighted by atomic mass is 19.4. The zero-order chi connectivity index (χ0) is 16.2. The van der Waals surface area contributed by atoms with E-state index in [0.717, 1.165) is 12.1 Å². The number of hydrogen-bond acceptors (Lipinski definition) is 3. The predicted octanol–water partition coefficient (Wildman–Crippen LogP) is 2.28. The Morgan fingerprint density at radius 1 is 1.48 bits per heavy atom. The topological polar surface area (TPSA) is 91.0 Å². The van der Waals surface area contributed by atoms with Crippen LogP contribution >= 0.6 is 0 Å². The summed E-state index contributed by atoms with van der Waals surface area (Å²) in [5.41, 5.74) is 3.61. The Balaban J connectivity index is 3.20. The third kappa shape index (κ3) is 4.01. The molecule has 0 aliphatic carbocycles. The number of benzene rings is 1. The number of amides is 2. The fourth-order valence-corrected chi connectivity index (χ4v) is 1.50. The van der Waals surface area contributed by atoms with Crippen LogP contribution in [-0.2, 0) is 6.18 Å². The number of amidine groups is 1. The number of alkyl halides is 3. The molecule has 1 rings (SSSR count). The molecule has 0 radical (unpaired) electrons. The molecule has 0 aromatic heterocycles. The molecular formula is C12H15F3N4O2. The van der Waals surface area contributed by atoms with Gasteiger partial charge in [0.2, 0.25) is 0 Å². The Kier molecular flexibility index (Phi) is 5.01. The van der Waals surface area contributed by atoms with Gasteiger partial charge in [0, 0.05) is 24.8 Å². The summed E-state index contributed by atoms with van der Waals surface area (Å²) in [6.07, 6.45) is -4.71. The van der Waals surface area contributed by atoms with Crippen LogP contribution in [0.2, 0.25) is 0 Å². The SMILES string of the molecule is CCN(C)C(=O)Nc1ccc(C(N)=NO)c(C(F)(F)F)c1. The van der Waals surface area contributed by atoms with E-state index < -0.39 is 29.2 Å². The molecular weight excluding hydrogens is 289 g/mol. The summed E-state index contributed by atoms with van der Waals surface area (Å²) >= 11 is 0.